The van der Waals surface area contributed by atoms with Crippen molar-refractivity contribution in [2.75, 3.05) is 39.8 Å². The molecule has 0 aromatic heterocycles. The van der Waals surface area contributed by atoms with Gasteiger partial charge in [0, 0.05) is 39.4 Å². The molecule has 190 valence electrons. The van der Waals surface area contributed by atoms with Crippen LogP contribution in [0.4, 0.5) is 0 Å². The van der Waals surface area contributed by atoms with Crippen molar-refractivity contribution in [3.63, 3.8) is 0 Å². The van der Waals surface area contributed by atoms with E-state index in [1.54, 1.807) is 24.9 Å². The quantitative estimate of drug-likeness (QED) is 0.478. The Balaban J connectivity index is 2.35. The average Bonchev–Trinajstić information content (AvgIpc) is 2.82. The van der Waals surface area contributed by atoms with E-state index in [1.807, 2.05) is 39.1 Å². The van der Waals surface area contributed by atoms with Gasteiger partial charge in [-0.1, -0.05) is 32.0 Å². The van der Waals surface area contributed by atoms with Gasteiger partial charge in [0.1, 0.15) is 0 Å². The third-order valence-corrected chi connectivity index (χ3v) is 6.29. The molecule has 0 aliphatic carbocycles. The maximum atomic E-state index is 12.6. The van der Waals surface area contributed by atoms with Crippen LogP contribution in [0.5, 0.6) is 0 Å². The molecule has 1 amide bonds. The van der Waals surface area contributed by atoms with E-state index in [9.17, 15) is 14.7 Å². The molecule has 8 nitrogen and oxygen atoms in total. The summed E-state index contributed by atoms with van der Waals surface area (Å²) in [4.78, 5) is 28.7. The maximum absolute atomic E-state index is 12.6. The number of rotatable bonds is 10. The SMILES string of the molecule is CCN/C=C(\N)COC(c1ccc(C)c(CN2CC(=O)N(C)CC(C)(C)C2)c1)C(C)(C)C(=O)O. The van der Waals surface area contributed by atoms with E-state index in [0.717, 1.165) is 29.8 Å². The molecule has 1 aromatic carbocycles. The molecule has 0 saturated carbocycles. The van der Waals surface area contributed by atoms with Gasteiger partial charge < -0.3 is 25.8 Å². The first-order chi connectivity index (χ1) is 15.8. The van der Waals surface area contributed by atoms with Gasteiger partial charge in [-0.25, -0.2) is 0 Å². The number of carboxylic acid groups (broad SMARTS) is 1. The molecule has 8 heteroatoms. The molecule has 0 bridgehead atoms. The summed E-state index contributed by atoms with van der Waals surface area (Å²) in [6, 6.07) is 5.93. The molecule has 1 atom stereocenters. The Morgan fingerprint density at radius 1 is 1.35 bits per heavy atom. The second-order valence-corrected chi connectivity index (χ2v) is 10.7. The fourth-order valence-electron chi connectivity index (χ4n) is 4.42. The van der Waals surface area contributed by atoms with Crippen molar-refractivity contribution < 1.29 is 19.4 Å². The van der Waals surface area contributed by atoms with Gasteiger partial charge in [0.25, 0.3) is 0 Å². The monoisotopic (exact) mass is 474 g/mol. The zero-order valence-electron chi connectivity index (χ0n) is 21.8. The second kappa shape index (κ2) is 11.2. The lowest BCUT2D eigenvalue weighted by molar-refractivity contribution is -0.156. The molecular formula is C26H42N4O4. The summed E-state index contributed by atoms with van der Waals surface area (Å²) in [6.07, 6.45) is 0.979. The number of carboxylic acids is 1. The number of hydrogen-bond acceptors (Lipinski definition) is 6. The molecule has 2 rings (SSSR count). The van der Waals surface area contributed by atoms with Crippen molar-refractivity contribution in [1.29, 1.82) is 0 Å². The first-order valence-electron chi connectivity index (χ1n) is 11.9. The van der Waals surface area contributed by atoms with E-state index < -0.39 is 17.5 Å². The number of hydrogen-bond donors (Lipinski definition) is 3. The molecule has 34 heavy (non-hydrogen) atoms. The van der Waals surface area contributed by atoms with Gasteiger partial charge in [-0.2, -0.15) is 0 Å². The van der Waals surface area contributed by atoms with Crippen molar-refractivity contribution in [3.05, 3.63) is 46.8 Å². The molecule has 1 saturated heterocycles. The van der Waals surface area contributed by atoms with Crippen LogP contribution >= 0.6 is 0 Å². The number of aryl methyl sites for hydroxylation is 1. The van der Waals surface area contributed by atoms with Crippen LogP contribution in [0.25, 0.3) is 0 Å². The number of nitrogens with one attached hydrogen (secondary N) is 1. The maximum Gasteiger partial charge on any atom is 0.312 e. The van der Waals surface area contributed by atoms with Gasteiger partial charge in [0.2, 0.25) is 5.91 Å². The van der Waals surface area contributed by atoms with Crippen LogP contribution in [0.3, 0.4) is 0 Å². The summed E-state index contributed by atoms with van der Waals surface area (Å²) >= 11 is 0. The zero-order chi connectivity index (χ0) is 25.7. The van der Waals surface area contributed by atoms with Crippen molar-refractivity contribution in [1.82, 2.24) is 15.1 Å². The van der Waals surface area contributed by atoms with Gasteiger partial charge >= 0.3 is 5.97 Å². The number of nitrogens with zero attached hydrogens (tertiary/aromatic N) is 2. The minimum Gasteiger partial charge on any atom is -0.481 e. The van der Waals surface area contributed by atoms with Crippen molar-refractivity contribution in [2.24, 2.45) is 16.6 Å². The summed E-state index contributed by atoms with van der Waals surface area (Å²) in [5.41, 5.74) is 8.25. The fourth-order valence-corrected chi connectivity index (χ4v) is 4.42. The molecule has 1 aromatic rings. The minimum absolute atomic E-state index is 0.0280. The predicted molar refractivity (Wildman–Crippen MR) is 134 cm³/mol. The van der Waals surface area contributed by atoms with E-state index in [-0.39, 0.29) is 17.9 Å². The number of carbonyl (C=O) groups excluding carboxylic acids is 1. The Morgan fingerprint density at radius 3 is 2.65 bits per heavy atom. The second-order valence-electron chi connectivity index (χ2n) is 10.7. The van der Waals surface area contributed by atoms with E-state index >= 15 is 0 Å². The van der Waals surface area contributed by atoms with Gasteiger partial charge in [-0.3, -0.25) is 14.5 Å². The average molecular weight is 475 g/mol. The number of amides is 1. The first kappa shape index (κ1) is 27.7. The van der Waals surface area contributed by atoms with E-state index in [4.69, 9.17) is 10.5 Å². The third-order valence-electron chi connectivity index (χ3n) is 6.29. The molecule has 4 N–H and O–H groups in total. The van der Waals surface area contributed by atoms with E-state index in [2.05, 4.69) is 24.1 Å². The minimum atomic E-state index is -1.17. The van der Waals surface area contributed by atoms with Gasteiger partial charge in [0.05, 0.1) is 30.4 Å². The van der Waals surface area contributed by atoms with Crippen LogP contribution < -0.4 is 11.1 Å². The zero-order valence-corrected chi connectivity index (χ0v) is 21.8. The summed E-state index contributed by atoms with van der Waals surface area (Å²) in [5.74, 6) is -0.840. The largest absolute Gasteiger partial charge is 0.481 e. The van der Waals surface area contributed by atoms with Gasteiger partial charge in [-0.15, -0.1) is 0 Å². The highest BCUT2D eigenvalue weighted by atomic mass is 16.5. The highest BCUT2D eigenvalue weighted by Crippen LogP contribution is 2.38. The number of carbonyl (C=O) groups is 2. The van der Waals surface area contributed by atoms with E-state index in [1.165, 1.54) is 0 Å². The fraction of sp³-hybridized carbons (Fsp3) is 0.615. The van der Waals surface area contributed by atoms with Crippen LogP contribution in [0.15, 0.2) is 30.1 Å². The number of likely N-dealkylation sites (N-methyl/N-ethyl adjacent to an activating group) is 1. The standard InChI is InChI=1S/C26H42N4O4/c1-8-28-12-21(27)15-34-23(26(5,6)24(32)33)19-10-9-18(2)20(11-19)13-30-14-22(31)29(7)16-25(3,4)17-30/h9-12,23,28H,8,13-17,27H2,1-7H3,(H,32,33)/b21-12-. The molecule has 1 unspecified atom stereocenters. The van der Waals surface area contributed by atoms with Crippen LogP contribution in [-0.2, 0) is 20.9 Å². The van der Waals surface area contributed by atoms with Crippen LogP contribution in [-0.4, -0.2) is 66.6 Å². The summed E-state index contributed by atoms with van der Waals surface area (Å²) in [7, 11) is 1.85. The third kappa shape index (κ3) is 7.21. The summed E-state index contributed by atoms with van der Waals surface area (Å²) < 4.78 is 6.09. The van der Waals surface area contributed by atoms with Crippen LogP contribution in [0.2, 0.25) is 0 Å². The molecule has 1 fully saturated rings. The smallest absolute Gasteiger partial charge is 0.312 e. The Bertz CT molecular complexity index is 910. The molecule has 0 radical (unpaired) electrons. The van der Waals surface area contributed by atoms with Crippen molar-refractivity contribution in [3.8, 4) is 0 Å². The highest BCUT2D eigenvalue weighted by molar-refractivity contribution is 5.78. The van der Waals surface area contributed by atoms with Gasteiger partial charge in [0.15, 0.2) is 0 Å². The molecule has 0 spiro atoms. The van der Waals surface area contributed by atoms with E-state index in [0.29, 0.717) is 25.3 Å². The van der Waals surface area contributed by atoms with Crippen molar-refractivity contribution >= 4 is 11.9 Å². The number of ether oxygens (including phenoxy) is 1. The number of nitrogens with two attached hydrogens (primary N) is 1. The Morgan fingerprint density at radius 2 is 2.03 bits per heavy atom. The number of aliphatic carboxylic acids is 1. The molecular weight excluding hydrogens is 432 g/mol. The topological polar surface area (TPSA) is 108 Å². The predicted octanol–water partition coefficient (Wildman–Crippen LogP) is 2.87. The normalized spacial score (nSPS) is 18.5. The summed E-state index contributed by atoms with van der Waals surface area (Å²) in [5, 5.41) is 13.0. The summed E-state index contributed by atoms with van der Waals surface area (Å²) in [6.45, 7) is 15.0. The molecule has 1 heterocycles. The lowest BCUT2D eigenvalue weighted by Crippen LogP contribution is -2.35. The lowest BCUT2D eigenvalue weighted by Gasteiger charge is -2.32. The van der Waals surface area contributed by atoms with Crippen molar-refractivity contribution in [2.45, 2.75) is 54.2 Å². The van der Waals surface area contributed by atoms with Crippen LogP contribution in [0, 0.1) is 17.8 Å². The Kier molecular flexibility index (Phi) is 9.14. The first-order valence-corrected chi connectivity index (χ1v) is 11.9. The van der Waals surface area contributed by atoms with Gasteiger partial charge in [-0.05, 0) is 49.8 Å². The lowest BCUT2D eigenvalue weighted by atomic mass is 9.81. The Hall–Kier alpha value is -2.58. The van der Waals surface area contributed by atoms with Crippen LogP contribution in [0.1, 0.15) is 57.4 Å². The molecule has 1 aliphatic heterocycles. The Labute approximate surface area is 204 Å². The highest BCUT2D eigenvalue weighted by Gasteiger charge is 2.39. The number of benzene rings is 1. The molecule has 1 aliphatic rings.